The van der Waals surface area contributed by atoms with E-state index in [2.05, 4.69) is 10.6 Å². The van der Waals surface area contributed by atoms with Gasteiger partial charge in [0.25, 0.3) is 21.5 Å². The first kappa shape index (κ1) is 24.9. The van der Waals surface area contributed by atoms with Crippen LogP contribution in [0, 0.1) is 12.7 Å². The fraction of sp³-hybridized carbons (Fsp3) is 0.0870. The van der Waals surface area contributed by atoms with Crippen LogP contribution in [0.5, 0.6) is 0 Å². The van der Waals surface area contributed by atoms with Crippen molar-refractivity contribution in [1.82, 2.24) is 9.29 Å². The maximum absolute atomic E-state index is 14.3. The maximum Gasteiger partial charge on any atom is 0.333 e. The first-order valence-electron chi connectivity index (χ1n) is 10.4. The Bertz CT molecular complexity index is 1700. The smallest absolute Gasteiger partial charge is 0.333 e. The number of nitrogens with one attached hydrogen (secondary N) is 3. The number of halogens is 1. The van der Waals surface area contributed by atoms with E-state index in [1.165, 1.54) is 36.5 Å². The van der Waals surface area contributed by atoms with E-state index in [4.69, 9.17) is 5.73 Å². The summed E-state index contributed by atoms with van der Waals surface area (Å²) < 4.78 is 42.0. The van der Waals surface area contributed by atoms with Crippen LogP contribution in [0.25, 0.3) is 16.5 Å². The van der Waals surface area contributed by atoms with Gasteiger partial charge in [-0.05, 0) is 60.8 Å². The Kier molecular flexibility index (Phi) is 6.52. The van der Waals surface area contributed by atoms with Gasteiger partial charge in [-0.3, -0.25) is 14.2 Å². The number of amides is 3. The summed E-state index contributed by atoms with van der Waals surface area (Å²) in [6.07, 6.45) is 1.42. The van der Waals surface area contributed by atoms with Crippen LogP contribution in [0.4, 0.5) is 20.6 Å². The minimum Gasteiger partial charge on any atom is -0.386 e. The molecule has 0 bridgehead atoms. The number of sulfonamides is 1. The Morgan fingerprint density at radius 1 is 1.08 bits per heavy atom. The highest BCUT2D eigenvalue weighted by Crippen LogP contribution is 2.24. The van der Waals surface area contributed by atoms with Gasteiger partial charge in [0.05, 0.1) is 22.3 Å². The van der Waals surface area contributed by atoms with E-state index >= 15 is 0 Å². The molecule has 186 valence electrons. The molecular formula is C23H20FN5O5S2. The number of aryl methyl sites for hydroxylation is 1. The fourth-order valence-electron chi connectivity index (χ4n) is 3.55. The van der Waals surface area contributed by atoms with Crippen LogP contribution < -0.4 is 26.6 Å². The van der Waals surface area contributed by atoms with E-state index in [1.54, 1.807) is 26.1 Å². The molecule has 36 heavy (non-hydrogen) atoms. The molecule has 2 aromatic heterocycles. The van der Waals surface area contributed by atoms with Gasteiger partial charge in [-0.1, -0.05) is 0 Å². The highest BCUT2D eigenvalue weighted by molar-refractivity contribution is 7.92. The van der Waals surface area contributed by atoms with Crippen molar-refractivity contribution in [3.8, 4) is 5.69 Å². The molecule has 0 spiro atoms. The van der Waals surface area contributed by atoms with Gasteiger partial charge in [-0.2, -0.15) is 0 Å². The number of carbonyl (C=O) groups is 2. The number of aromatic nitrogens is 1. The zero-order chi connectivity index (χ0) is 26.2. The monoisotopic (exact) mass is 529 g/mol. The van der Waals surface area contributed by atoms with Crippen molar-refractivity contribution >= 4 is 55.4 Å². The normalized spacial score (nSPS) is 11.3. The van der Waals surface area contributed by atoms with Gasteiger partial charge in [0.2, 0.25) is 0 Å². The number of nitrogens with two attached hydrogens (primary N) is 1. The number of rotatable bonds is 6. The third kappa shape index (κ3) is 4.78. The number of nitrogens with zero attached hydrogens (tertiary/aromatic N) is 1. The van der Waals surface area contributed by atoms with Gasteiger partial charge in [-0.25, -0.2) is 22.3 Å². The maximum atomic E-state index is 14.3. The summed E-state index contributed by atoms with van der Waals surface area (Å²) in [4.78, 5) is 38.3. The van der Waals surface area contributed by atoms with Crippen LogP contribution in [0.3, 0.4) is 0 Å². The second-order valence-corrected chi connectivity index (χ2v) is 10.9. The molecule has 2 aromatic carbocycles. The van der Waals surface area contributed by atoms with Gasteiger partial charge >= 0.3 is 6.03 Å². The minimum absolute atomic E-state index is 0.0303. The predicted octanol–water partition coefficient (Wildman–Crippen LogP) is 3.15. The van der Waals surface area contributed by atoms with Crippen molar-refractivity contribution in [3.63, 3.8) is 0 Å². The molecule has 0 aliphatic heterocycles. The molecule has 0 aliphatic carbocycles. The van der Waals surface area contributed by atoms with E-state index in [0.717, 1.165) is 26.8 Å². The molecule has 0 saturated heterocycles. The summed E-state index contributed by atoms with van der Waals surface area (Å²) in [6.45, 7) is 1.73. The third-order valence-corrected chi connectivity index (χ3v) is 8.07. The van der Waals surface area contributed by atoms with Crippen molar-refractivity contribution in [2.24, 2.45) is 5.73 Å². The van der Waals surface area contributed by atoms with Crippen molar-refractivity contribution in [1.29, 1.82) is 0 Å². The first-order chi connectivity index (χ1) is 17.0. The Morgan fingerprint density at radius 2 is 1.83 bits per heavy atom. The van der Waals surface area contributed by atoms with E-state index < -0.39 is 33.3 Å². The number of pyridine rings is 1. The number of urea groups is 1. The minimum atomic E-state index is -4.09. The topological polar surface area (TPSA) is 152 Å². The lowest BCUT2D eigenvalue weighted by atomic mass is 10.1. The molecule has 0 aliphatic rings. The lowest BCUT2D eigenvalue weighted by molar-refractivity contribution is 0.1000. The van der Waals surface area contributed by atoms with Crippen molar-refractivity contribution in [2.75, 3.05) is 17.7 Å². The van der Waals surface area contributed by atoms with Gasteiger partial charge in [0.1, 0.15) is 10.0 Å². The Morgan fingerprint density at radius 3 is 2.47 bits per heavy atom. The average Bonchev–Trinajstić information content (AvgIpc) is 3.26. The molecule has 4 aromatic rings. The molecule has 10 nitrogen and oxygen atoms in total. The zero-order valence-corrected chi connectivity index (χ0v) is 20.6. The molecule has 0 radical (unpaired) electrons. The van der Waals surface area contributed by atoms with Crippen molar-refractivity contribution in [3.05, 3.63) is 81.3 Å². The molecule has 13 heteroatoms. The SMILES string of the molecule is CNc1cc2ccn(-c3ccc(NC(=O)NS(=O)(=O)c4ccc(C)s4)cc3C(N)=O)c(=O)c2cc1F. The van der Waals surface area contributed by atoms with Crippen molar-refractivity contribution < 1.29 is 22.4 Å². The molecule has 0 unspecified atom stereocenters. The van der Waals surface area contributed by atoms with Crippen LogP contribution in [0.15, 0.2) is 63.7 Å². The van der Waals surface area contributed by atoms with E-state index in [9.17, 15) is 27.2 Å². The second-order valence-electron chi connectivity index (χ2n) is 7.68. The summed E-state index contributed by atoms with van der Waals surface area (Å²) in [5.41, 5.74) is 5.17. The molecular weight excluding hydrogens is 509 g/mol. The van der Waals surface area contributed by atoms with E-state index in [0.29, 0.717) is 5.39 Å². The number of anilines is 2. The Labute approximate surface area is 208 Å². The van der Waals surface area contributed by atoms with Gasteiger partial charge in [0, 0.05) is 23.8 Å². The van der Waals surface area contributed by atoms with Gasteiger partial charge < -0.3 is 16.4 Å². The molecule has 2 heterocycles. The van der Waals surface area contributed by atoms with Crippen LogP contribution in [-0.2, 0) is 10.0 Å². The van der Waals surface area contributed by atoms with Crippen LogP contribution >= 0.6 is 11.3 Å². The first-order valence-corrected chi connectivity index (χ1v) is 12.7. The number of primary amides is 1. The van der Waals surface area contributed by atoms with Gasteiger partial charge in [0.15, 0.2) is 0 Å². The highest BCUT2D eigenvalue weighted by atomic mass is 32.2. The summed E-state index contributed by atoms with van der Waals surface area (Å²) in [5, 5.41) is 5.61. The van der Waals surface area contributed by atoms with Crippen LogP contribution in [0.1, 0.15) is 15.2 Å². The number of thiophene rings is 1. The molecule has 3 amide bonds. The lowest BCUT2D eigenvalue weighted by Crippen LogP contribution is -2.34. The number of hydrogen-bond acceptors (Lipinski definition) is 7. The van der Waals surface area contributed by atoms with Crippen molar-refractivity contribution in [2.45, 2.75) is 11.1 Å². The summed E-state index contributed by atoms with van der Waals surface area (Å²) in [7, 11) is -2.53. The highest BCUT2D eigenvalue weighted by Gasteiger charge is 2.20. The second kappa shape index (κ2) is 9.43. The molecule has 4 rings (SSSR count). The number of hydrogen-bond donors (Lipinski definition) is 4. The van der Waals surface area contributed by atoms with E-state index in [-0.39, 0.29) is 32.2 Å². The Balaban J connectivity index is 1.67. The largest absolute Gasteiger partial charge is 0.386 e. The third-order valence-electron chi connectivity index (χ3n) is 5.25. The zero-order valence-electron chi connectivity index (χ0n) is 19.0. The summed E-state index contributed by atoms with van der Waals surface area (Å²) in [5.74, 6) is -1.52. The molecule has 0 atom stereocenters. The lowest BCUT2D eigenvalue weighted by Gasteiger charge is -2.14. The molecule has 5 N–H and O–H groups in total. The average molecular weight is 530 g/mol. The number of benzene rings is 2. The van der Waals surface area contributed by atoms with Gasteiger partial charge in [-0.15, -0.1) is 11.3 Å². The number of fused-ring (bicyclic) bond motifs is 1. The van der Waals surface area contributed by atoms with Crippen LogP contribution in [0.2, 0.25) is 0 Å². The van der Waals surface area contributed by atoms with Crippen LogP contribution in [-0.4, -0.2) is 32.0 Å². The molecule has 0 fully saturated rings. The quantitative estimate of drug-likeness (QED) is 0.301. The molecule has 0 saturated carbocycles. The summed E-state index contributed by atoms with van der Waals surface area (Å²) in [6, 6.07) is 10.0. The number of carbonyl (C=O) groups excluding carboxylic acids is 2. The predicted molar refractivity (Wildman–Crippen MR) is 136 cm³/mol. The summed E-state index contributed by atoms with van der Waals surface area (Å²) >= 11 is 1.00. The standard InChI is InChI=1S/C23H20FN5O5S2/c1-12-3-6-20(35-12)36(33,34)28-23(32)27-14-4-5-19(16(10-14)21(25)30)29-8-7-13-9-18(26-2)17(24)11-15(13)22(29)31/h3-11,26H,1-2H3,(H2,25,30)(H2,27,28,32). The Hall–Kier alpha value is -4.23. The van der Waals surface area contributed by atoms with E-state index in [1.807, 2.05) is 4.72 Å². The fourth-order valence-corrected chi connectivity index (χ4v) is 5.74.